The van der Waals surface area contributed by atoms with Crippen molar-refractivity contribution in [1.29, 1.82) is 0 Å². The molecule has 2 rings (SSSR count). The third-order valence-electron chi connectivity index (χ3n) is 3.58. The topological polar surface area (TPSA) is 69.0 Å². The predicted molar refractivity (Wildman–Crippen MR) is 70.6 cm³/mol. The SMILES string of the molecule is COC(=O)C(C)NC(C)c1nnc2n1CCCCC2. The Balaban J connectivity index is 2.09. The van der Waals surface area contributed by atoms with Crippen LogP contribution in [0.1, 0.15) is 50.8 Å². The molecule has 2 atom stereocenters. The van der Waals surface area contributed by atoms with Gasteiger partial charge in [-0.05, 0) is 26.7 Å². The number of carbonyl (C=O) groups excluding carboxylic acids is 1. The van der Waals surface area contributed by atoms with Crippen molar-refractivity contribution >= 4 is 5.97 Å². The third-order valence-corrected chi connectivity index (χ3v) is 3.58. The van der Waals surface area contributed by atoms with Gasteiger partial charge in [-0.2, -0.15) is 0 Å². The zero-order chi connectivity index (χ0) is 13.8. The second kappa shape index (κ2) is 6.14. The molecule has 19 heavy (non-hydrogen) atoms. The molecule has 2 unspecified atom stereocenters. The van der Waals surface area contributed by atoms with E-state index < -0.39 is 0 Å². The lowest BCUT2D eigenvalue weighted by atomic mass is 10.2. The first-order valence-corrected chi connectivity index (χ1v) is 6.89. The van der Waals surface area contributed by atoms with Gasteiger partial charge < -0.3 is 9.30 Å². The van der Waals surface area contributed by atoms with Gasteiger partial charge >= 0.3 is 5.97 Å². The highest BCUT2D eigenvalue weighted by Crippen LogP contribution is 2.18. The number of esters is 1. The van der Waals surface area contributed by atoms with E-state index in [1.54, 1.807) is 6.92 Å². The number of nitrogens with one attached hydrogen (secondary N) is 1. The Bertz CT molecular complexity index is 444. The molecule has 0 radical (unpaired) electrons. The molecule has 0 saturated heterocycles. The van der Waals surface area contributed by atoms with Gasteiger partial charge in [0.1, 0.15) is 17.7 Å². The maximum Gasteiger partial charge on any atom is 0.322 e. The molecule has 1 aromatic rings. The monoisotopic (exact) mass is 266 g/mol. The van der Waals surface area contributed by atoms with Crippen LogP contribution in [0.3, 0.4) is 0 Å². The summed E-state index contributed by atoms with van der Waals surface area (Å²) in [5.74, 6) is 1.71. The molecule has 1 N–H and O–H groups in total. The van der Waals surface area contributed by atoms with Crippen molar-refractivity contribution < 1.29 is 9.53 Å². The molecule has 0 bridgehead atoms. The molecule has 0 spiro atoms. The number of nitrogens with zero attached hydrogens (tertiary/aromatic N) is 3. The van der Waals surface area contributed by atoms with Gasteiger partial charge in [-0.3, -0.25) is 10.1 Å². The van der Waals surface area contributed by atoms with Crippen molar-refractivity contribution in [3.05, 3.63) is 11.6 Å². The number of methoxy groups -OCH3 is 1. The maximum absolute atomic E-state index is 11.4. The van der Waals surface area contributed by atoms with E-state index in [-0.39, 0.29) is 18.1 Å². The molecule has 0 aromatic carbocycles. The number of carbonyl (C=O) groups is 1. The summed E-state index contributed by atoms with van der Waals surface area (Å²) in [7, 11) is 1.40. The number of hydrogen-bond donors (Lipinski definition) is 1. The first kappa shape index (κ1) is 14.0. The largest absolute Gasteiger partial charge is 0.468 e. The van der Waals surface area contributed by atoms with Crippen molar-refractivity contribution in [3.63, 3.8) is 0 Å². The van der Waals surface area contributed by atoms with Crippen LogP contribution in [0.4, 0.5) is 0 Å². The fourth-order valence-electron chi connectivity index (χ4n) is 2.52. The number of ether oxygens (including phenoxy) is 1. The highest BCUT2D eigenvalue weighted by molar-refractivity contribution is 5.75. The van der Waals surface area contributed by atoms with E-state index in [0.29, 0.717) is 0 Å². The molecule has 1 aliphatic rings. The van der Waals surface area contributed by atoms with E-state index in [2.05, 4.69) is 20.1 Å². The van der Waals surface area contributed by atoms with Gasteiger partial charge in [-0.15, -0.1) is 10.2 Å². The van der Waals surface area contributed by atoms with Crippen LogP contribution in [0.5, 0.6) is 0 Å². The predicted octanol–water partition coefficient (Wildman–Crippen LogP) is 1.22. The summed E-state index contributed by atoms with van der Waals surface area (Å²) < 4.78 is 6.91. The van der Waals surface area contributed by atoms with Crippen LogP contribution in [0, 0.1) is 0 Å². The highest BCUT2D eigenvalue weighted by Gasteiger charge is 2.22. The zero-order valence-electron chi connectivity index (χ0n) is 11.8. The zero-order valence-corrected chi connectivity index (χ0v) is 11.8. The average molecular weight is 266 g/mol. The molecule has 0 amide bonds. The van der Waals surface area contributed by atoms with E-state index in [1.807, 2.05) is 6.92 Å². The Kier molecular flexibility index (Phi) is 4.52. The van der Waals surface area contributed by atoms with Gasteiger partial charge in [-0.25, -0.2) is 0 Å². The van der Waals surface area contributed by atoms with Gasteiger partial charge in [0.05, 0.1) is 13.2 Å². The van der Waals surface area contributed by atoms with Gasteiger partial charge in [0, 0.05) is 13.0 Å². The molecule has 6 nitrogen and oxygen atoms in total. The van der Waals surface area contributed by atoms with Crippen molar-refractivity contribution in [2.75, 3.05) is 7.11 Å². The van der Waals surface area contributed by atoms with E-state index >= 15 is 0 Å². The molecule has 1 aromatic heterocycles. The smallest absolute Gasteiger partial charge is 0.322 e. The summed E-state index contributed by atoms with van der Waals surface area (Å²) in [5.41, 5.74) is 0. The minimum absolute atomic E-state index is 0.0200. The number of hydrogen-bond acceptors (Lipinski definition) is 5. The summed E-state index contributed by atoms with van der Waals surface area (Å²) >= 11 is 0. The van der Waals surface area contributed by atoms with Crippen molar-refractivity contribution in [2.45, 2.75) is 58.2 Å². The molecular weight excluding hydrogens is 244 g/mol. The van der Waals surface area contributed by atoms with Crippen LogP contribution in [0.2, 0.25) is 0 Å². The molecule has 6 heteroatoms. The molecule has 2 heterocycles. The number of aryl methyl sites for hydroxylation is 1. The van der Waals surface area contributed by atoms with E-state index in [1.165, 1.54) is 20.0 Å². The average Bonchev–Trinajstić information content (AvgIpc) is 2.67. The Morgan fingerprint density at radius 3 is 2.84 bits per heavy atom. The van der Waals surface area contributed by atoms with Crippen LogP contribution >= 0.6 is 0 Å². The second-order valence-electron chi connectivity index (χ2n) is 5.07. The molecule has 0 fully saturated rings. The van der Waals surface area contributed by atoms with Crippen LogP contribution in [-0.4, -0.2) is 33.9 Å². The minimum atomic E-state index is -0.348. The van der Waals surface area contributed by atoms with E-state index in [9.17, 15) is 4.79 Å². The van der Waals surface area contributed by atoms with Crippen LogP contribution in [0.15, 0.2) is 0 Å². The highest BCUT2D eigenvalue weighted by atomic mass is 16.5. The van der Waals surface area contributed by atoms with Crippen molar-refractivity contribution in [2.24, 2.45) is 0 Å². The molecule has 1 aliphatic heterocycles. The number of rotatable bonds is 4. The maximum atomic E-state index is 11.4. The lowest BCUT2D eigenvalue weighted by molar-refractivity contribution is -0.142. The Morgan fingerprint density at radius 1 is 1.32 bits per heavy atom. The third kappa shape index (κ3) is 3.12. The Labute approximate surface area is 113 Å². The lowest BCUT2D eigenvalue weighted by Gasteiger charge is -2.18. The summed E-state index contributed by atoms with van der Waals surface area (Å²) in [6.07, 6.45) is 4.57. The van der Waals surface area contributed by atoms with E-state index in [4.69, 9.17) is 4.74 Å². The van der Waals surface area contributed by atoms with Crippen molar-refractivity contribution in [1.82, 2.24) is 20.1 Å². The first-order chi connectivity index (χ1) is 9.13. The second-order valence-corrected chi connectivity index (χ2v) is 5.07. The molecule has 0 saturated carbocycles. The first-order valence-electron chi connectivity index (χ1n) is 6.89. The fraction of sp³-hybridized carbons (Fsp3) is 0.769. The van der Waals surface area contributed by atoms with Crippen LogP contribution in [-0.2, 0) is 22.5 Å². The standard InChI is InChI=1S/C13H22N4O2/c1-9(14-10(2)13(18)19-3)12-16-15-11-7-5-4-6-8-17(11)12/h9-10,14H,4-8H2,1-3H3. The van der Waals surface area contributed by atoms with E-state index in [0.717, 1.165) is 31.0 Å². The Morgan fingerprint density at radius 2 is 2.11 bits per heavy atom. The number of fused-ring (bicyclic) bond motifs is 1. The van der Waals surface area contributed by atoms with Gasteiger partial charge in [0.25, 0.3) is 0 Å². The molecular formula is C13H22N4O2. The Hall–Kier alpha value is -1.43. The normalized spacial score (nSPS) is 18.3. The summed E-state index contributed by atoms with van der Waals surface area (Å²) in [5, 5.41) is 11.7. The number of aromatic nitrogens is 3. The van der Waals surface area contributed by atoms with Gasteiger partial charge in [0.2, 0.25) is 0 Å². The summed E-state index contributed by atoms with van der Waals surface area (Å²) in [4.78, 5) is 11.4. The fourth-order valence-corrected chi connectivity index (χ4v) is 2.52. The quantitative estimate of drug-likeness (QED) is 0.830. The van der Waals surface area contributed by atoms with Gasteiger partial charge in [0.15, 0.2) is 0 Å². The van der Waals surface area contributed by atoms with Crippen LogP contribution < -0.4 is 5.32 Å². The minimum Gasteiger partial charge on any atom is -0.468 e. The summed E-state index contributed by atoms with van der Waals surface area (Å²) in [6, 6.07) is -0.368. The summed E-state index contributed by atoms with van der Waals surface area (Å²) in [6.45, 7) is 4.76. The molecule has 0 aliphatic carbocycles. The van der Waals surface area contributed by atoms with Gasteiger partial charge in [-0.1, -0.05) is 6.42 Å². The van der Waals surface area contributed by atoms with Crippen molar-refractivity contribution in [3.8, 4) is 0 Å². The lowest BCUT2D eigenvalue weighted by Crippen LogP contribution is -2.37. The molecule has 106 valence electrons. The van der Waals surface area contributed by atoms with Crippen LogP contribution in [0.25, 0.3) is 0 Å².